The Kier molecular flexibility index (Phi) is 3.97. The molecule has 49 heavy (non-hydrogen) atoms. The van der Waals surface area contributed by atoms with Gasteiger partial charge in [-0.05, 0) is 47.0 Å². The van der Waals surface area contributed by atoms with Gasteiger partial charge in [-0.2, -0.15) is 0 Å². The predicted octanol–water partition coefficient (Wildman–Crippen LogP) is 11.3. The Morgan fingerprint density at radius 2 is 0.959 bits per heavy atom. The molecule has 0 saturated heterocycles. The van der Waals surface area contributed by atoms with Crippen molar-refractivity contribution in [2.24, 2.45) is 0 Å². The second-order valence-electron chi connectivity index (χ2n) is 10.8. The van der Waals surface area contributed by atoms with Gasteiger partial charge in [0.05, 0.1) is 40.0 Å². The number of fused-ring (bicyclic) bond motifs is 3. The summed E-state index contributed by atoms with van der Waals surface area (Å²) in [5.74, 6) is 0.642. The highest BCUT2D eigenvalue weighted by molar-refractivity contribution is 6.10. The molecule has 0 aliphatic heterocycles. The van der Waals surface area contributed by atoms with Crippen LogP contribution in [0.2, 0.25) is 0 Å². The molecule has 4 nitrogen and oxygen atoms in total. The van der Waals surface area contributed by atoms with Crippen molar-refractivity contribution in [1.82, 2.24) is 19.5 Å². The third-order valence-electron chi connectivity index (χ3n) is 7.87. The second-order valence-corrected chi connectivity index (χ2v) is 10.8. The monoisotopic (exact) mass is 643 g/mol. The van der Waals surface area contributed by atoms with E-state index in [4.69, 9.17) is 34.1 Å². The van der Waals surface area contributed by atoms with Crippen molar-refractivity contribution in [1.29, 1.82) is 0 Å². The van der Waals surface area contributed by atoms with Crippen molar-refractivity contribution >= 4 is 21.8 Å². The first-order chi connectivity index (χ1) is 31.4. The van der Waals surface area contributed by atoms with E-state index in [0.717, 1.165) is 0 Å². The topological polar surface area (TPSA) is 43.6 Å². The van der Waals surface area contributed by atoms with E-state index in [-0.39, 0.29) is 61.7 Å². The highest BCUT2D eigenvalue weighted by Crippen LogP contribution is 2.39. The summed E-state index contributed by atoms with van der Waals surface area (Å²) >= 11 is 0. The summed E-state index contributed by atoms with van der Waals surface area (Å²) in [6, 6.07) is 10.3. The summed E-state index contributed by atoms with van der Waals surface area (Å²) in [4.78, 5) is 14.3. The number of rotatable bonds is 6. The molecule has 0 unspecified atom stereocenters. The summed E-state index contributed by atoms with van der Waals surface area (Å²) in [6.07, 6.45) is 0. The van der Waals surface area contributed by atoms with E-state index in [1.54, 1.807) is 24.3 Å². The average molecular weight is 644 g/mol. The standard InChI is InChI=1S/C45H30N4/c1-5-15-31(16-6-1)35-25-27-38-37-23-13-14-24-40(37)49(42(38)30-35)41-28-26-36(29-39(41)32-17-7-2-8-18-32)45-47-43(33-19-9-3-10-20-33)46-44(48-45)34-21-11-4-12-22-34/h1-30H/i1D,2D,5D,6D,7D,8D,13D,14D,15D,16D,17D,18D,23D,24D,25D,27D,30D. The van der Waals surface area contributed by atoms with Gasteiger partial charge in [-0.1, -0.05) is 151 Å². The van der Waals surface area contributed by atoms with Crippen molar-refractivity contribution in [3.05, 3.63) is 182 Å². The Morgan fingerprint density at radius 1 is 0.408 bits per heavy atom. The molecular formula is C45H30N4. The van der Waals surface area contributed by atoms with Crippen LogP contribution in [-0.2, 0) is 0 Å². The van der Waals surface area contributed by atoms with Crippen LogP contribution >= 0.6 is 0 Å². The normalized spacial score (nSPS) is 16.1. The van der Waals surface area contributed by atoms with Crippen LogP contribution in [0.15, 0.2) is 182 Å². The fourth-order valence-corrected chi connectivity index (χ4v) is 5.64. The van der Waals surface area contributed by atoms with E-state index in [1.165, 1.54) is 22.8 Å². The number of aromatic nitrogens is 4. The minimum absolute atomic E-state index is 0.0870. The van der Waals surface area contributed by atoms with Gasteiger partial charge in [0.15, 0.2) is 17.5 Å². The second kappa shape index (κ2) is 12.2. The highest BCUT2D eigenvalue weighted by Gasteiger charge is 2.19. The number of hydrogen-bond donors (Lipinski definition) is 0. The van der Waals surface area contributed by atoms with Crippen molar-refractivity contribution in [3.63, 3.8) is 0 Å². The molecular weight excluding hydrogens is 597 g/mol. The summed E-state index contributed by atoms with van der Waals surface area (Å²) in [5, 5.41) is -0.624. The molecule has 9 rings (SSSR count). The summed E-state index contributed by atoms with van der Waals surface area (Å²) in [5.41, 5.74) is -0.955. The van der Waals surface area contributed by atoms with E-state index in [1.807, 2.05) is 36.4 Å². The van der Waals surface area contributed by atoms with Gasteiger partial charge in [0, 0.05) is 33.0 Å². The molecule has 0 aliphatic rings. The molecule has 0 bridgehead atoms. The SMILES string of the molecule is [2H]c1c([2H])c([2H])c(-c2cc(-c3nc(-c4ccccc4)nc(-c4ccccc4)n3)ccc2-n2c3c([2H])c([2H])c([2H])c([2H])c3c3c([2H])c([2H])c(-c4c([2H])c([2H])c([2H])c([2H])c4[2H])c([2H])c32)c([2H])c1[2H]. The lowest BCUT2D eigenvalue weighted by molar-refractivity contribution is 1.07. The number of benzene rings is 7. The van der Waals surface area contributed by atoms with Crippen LogP contribution in [0.25, 0.3) is 83.9 Å². The Labute approximate surface area is 308 Å². The quantitative estimate of drug-likeness (QED) is 0.181. The lowest BCUT2D eigenvalue weighted by atomic mass is 9.99. The Morgan fingerprint density at radius 3 is 1.61 bits per heavy atom. The maximum Gasteiger partial charge on any atom is 0.164 e. The fraction of sp³-hybridized carbons (Fsp3) is 0. The summed E-state index contributed by atoms with van der Waals surface area (Å²) < 4.78 is 152. The first-order valence-corrected chi connectivity index (χ1v) is 15.1. The van der Waals surface area contributed by atoms with Crippen LogP contribution in [0, 0.1) is 0 Å². The summed E-state index contributed by atoms with van der Waals surface area (Å²) in [6.45, 7) is 0. The molecule has 0 fully saturated rings. The third-order valence-corrected chi connectivity index (χ3v) is 7.87. The lowest BCUT2D eigenvalue weighted by Crippen LogP contribution is -2.02. The van der Waals surface area contributed by atoms with E-state index >= 15 is 0 Å². The zero-order valence-corrected chi connectivity index (χ0v) is 25.3. The molecule has 0 atom stereocenters. The average Bonchev–Trinajstić information content (AvgIpc) is 3.70. The maximum atomic E-state index is 9.75. The van der Waals surface area contributed by atoms with E-state index < -0.39 is 114 Å². The number of hydrogen-bond acceptors (Lipinski definition) is 3. The van der Waals surface area contributed by atoms with Crippen molar-refractivity contribution in [2.75, 3.05) is 0 Å². The fourth-order valence-electron chi connectivity index (χ4n) is 5.64. The van der Waals surface area contributed by atoms with Crippen molar-refractivity contribution < 1.29 is 23.3 Å². The van der Waals surface area contributed by atoms with Gasteiger partial charge in [0.25, 0.3) is 0 Å². The smallest absolute Gasteiger partial charge is 0.164 e. The molecule has 0 radical (unpaired) electrons. The maximum absolute atomic E-state index is 9.75. The van der Waals surface area contributed by atoms with Crippen LogP contribution < -0.4 is 0 Å². The van der Waals surface area contributed by atoms with Crippen molar-refractivity contribution in [2.45, 2.75) is 0 Å². The van der Waals surface area contributed by atoms with Crippen LogP contribution in [0.3, 0.4) is 0 Å². The Balaban J connectivity index is 1.48. The van der Waals surface area contributed by atoms with Crippen LogP contribution in [0.4, 0.5) is 0 Å². The van der Waals surface area contributed by atoms with Gasteiger partial charge in [0.2, 0.25) is 0 Å². The zero-order valence-electron chi connectivity index (χ0n) is 42.3. The third kappa shape index (κ3) is 5.26. The highest BCUT2D eigenvalue weighted by atomic mass is 15.0. The van der Waals surface area contributed by atoms with Gasteiger partial charge in [0.1, 0.15) is 0 Å². The van der Waals surface area contributed by atoms with Gasteiger partial charge >= 0.3 is 0 Å². The molecule has 2 aromatic heterocycles. The number of para-hydroxylation sites is 1. The predicted molar refractivity (Wildman–Crippen MR) is 201 cm³/mol. The van der Waals surface area contributed by atoms with Crippen LogP contribution in [0.5, 0.6) is 0 Å². The van der Waals surface area contributed by atoms with Crippen LogP contribution in [-0.4, -0.2) is 19.5 Å². The molecule has 7 aromatic carbocycles. The van der Waals surface area contributed by atoms with Gasteiger partial charge in [-0.15, -0.1) is 0 Å². The van der Waals surface area contributed by atoms with E-state index in [9.17, 15) is 4.11 Å². The lowest BCUT2D eigenvalue weighted by Gasteiger charge is -2.16. The minimum Gasteiger partial charge on any atom is -0.309 e. The molecule has 0 N–H and O–H groups in total. The van der Waals surface area contributed by atoms with Gasteiger partial charge < -0.3 is 4.57 Å². The van der Waals surface area contributed by atoms with Crippen LogP contribution in [0.1, 0.15) is 23.3 Å². The molecule has 0 spiro atoms. The molecule has 0 amide bonds. The minimum atomic E-state index is -0.778. The Bertz CT molecular complexity index is 3450. The van der Waals surface area contributed by atoms with Gasteiger partial charge in [-0.3, -0.25) is 0 Å². The number of nitrogens with zero attached hydrogens (tertiary/aromatic N) is 4. The zero-order chi connectivity index (χ0) is 47.4. The van der Waals surface area contributed by atoms with Gasteiger partial charge in [-0.25, -0.2) is 15.0 Å². The van der Waals surface area contributed by atoms with E-state index in [2.05, 4.69) is 0 Å². The summed E-state index contributed by atoms with van der Waals surface area (Å²) in [7, 11) is 0. The van der Waals surface area contributed by atoms with E-state index in [0.29, 0.717) is 11.1 Å². The molecule has 0 aliphatic carbocycles. The molecule has 9 aromatic rings. The molecule has 0 saturated carbocycles. The van der Waals surface area contributed by atoms with Crippen molar-refractivity contribution in [3.8, 4) is 62.1 Å². The first kappa shape index (κ1) is 16.0. The Hall–Kier alpha value is -6.65. The molecule has 230 valence electrons. The molecule has 4 heteroatoms. The largest absolute Gasteiger partial charge is 0.309 e. The molecule has 2 heterocycles. The first-order valence-electron chi connectivity index (χ1n) is 23.6.